The number of hydrogen-bond acceptors (Lipinski definition) is 5. The van der Waals surface area contributed by atoms with Gasteiger partial charge < -0.3 is 14.9 Å². The van der Waals surface area contributed by atoms with Crippen molar-refractivity contribution >= 4 is 5.91 Å². The van der Waals surface area contributed by atoms with E-state index in [0.717, 1.165) is 0 Å². The third kappa shape index (κ3) is 2.91. The normalized spacial score (nSPS) is 12.6. The quantitative estimate of drug-likeness (QED) is 0.751. The molecule has 1 atom stereocenters. The van der Waals surface area contributed by atoms with Gasteiger partial charge in [0.05, 0.1) is 6.04 Å². The van der Waals surface area contributed by atoms with Crippen LogP contribution in [0.3, 0.4) is 0 Å². The van der Waals surface area contributed by atoms with Crippen LogP contribution in [0.25, 0.3) is 0 Å². The zero-order valence-corrected chi connectivity index (χ0v) is 13.1. The molecule has 6 nitrogen and oxygen atoms in total. The Kier molecular flexibility index (Phi) is 4.39. The molecule has 1 amide bonds. The number of nitrogens with one attached hydrogen (secondary N) is 1. The lowest BCUT2D eigenvalue weighted by atomic mass is 9.85. The van der Waals surface area contributed by atoms with E-state index in [1.807, 2.05) is 12.1 Å². The van der Waals surface area contributed by atoms with Crippen LogP contribution in [-0.4, -0.2) is 21.2 Å². The van der Waals surface area contributed by atoms with Crippen LogP contribution in [0.2, 0.25) is 0 Å². The van der Waals surface area contributed by atoms with Crippen LogP contribution in [0.15, 0.2) is 71.6 Å². The van der Waals surface area contributed by atoms with Crippen molar-refractivity contribution in [2.24, 2.45) is 0 Å². The first kappa shape index (κ1) is 15.9. The second-order valence-electron chi connectivity index (χ2n) is 5.43. The van der Waals surface area contributed by atoms with Gasteiger partial charge in [0.2, 0.25) is 6.39 Å². The van der Waals surface area contributed by atoms with Gasteiger partial charge in [-0.1, -0.05) is 65.8 Å². The third-order valence-electron chi connectivity index (χ3n) is 3.82. The molecular weight excluding hydrogens is 306 g/mol. The first-order valence-electron chi connectivity index (χ1n) is 7.53. The smallest absolute Gasteiger partial charge is 0.261 e. The molecular formula is C18H17N3O3. The van der Waals surface area contributed by atoms with E-state index in [2.05, 4.69) is 15.5 Å². The van der Waals surface area contributed by atoms with Crippen LogP contribution >= 0.6 is 0 Å². The van der Waals surface area contributed by atoms with Gasteiger partial charge in [0.15, 0.2) is 11.4 Å². The summed E-state index contributed by atoms with van der Waals surface area (Å²) in [5, 5.41) is 17.8. The number of rotatable bonds is 5. The van der Waals surface area contributed by atoms with Crippen LogP contribution in [0.4, 0.5) is 0 Å². The molecule has 1 unspecified atom stereocenters. The highest BCUT2D eigenvalue weighted by atomic mass is 16.5. The summed E-state index contributed by atoms with van der Waals surface area (Å²) in [5.41, 5.74) is -0.858. The minimum atomic E-state index is -1.82. The van der Waals surface area contributed by atoms with Crippen LogP contribution in [0, 0.1) is 0 Å². The Labute approximate surface area is 139 Å². The van der Waals surface area contributed by atoms with Crippen molar-refractivity contribution < 1.29 is 14.4 Å². The van der Waals surface area contributed by atoms with E-state index >= 15 is 0 Å². The van der Waals surface area contributed by atoms with Gasteiger partial charge in [-0.05, 0) is 18.1 Å². The molecule has 24 heavy (non-hydrogen) atoms. The Morgan fingerprint density at radius 3 is 2.08 bits per heavy atom. The molecule has 6 heteroatoms. The zero-order valence-electron chi connectivity index (χ0n) is 13.1. The van der Waals surface area contributed by atoms with Gasteiger partial charge >= 0.3 is 0 Å². The minimum Gasteiger partial charge on any atom is -0.372 e. The molecule has 3 rings (SSSR count). The molecule has 0 saturated heterocycles. The van der Waals surface area contributed by atoms with Gasteiger partial charge in [-0.15, -0.1) is 0 Å². The molecule has 1 aromatic heterocycles. The molecule has 2 aromatic carbocycles. The monoisotopic (exact) mass is 323 g/mol. The Morgan fingerprint density at radius 1 is 1.08 bits per heavy atom. The van der Waals surface area contributed by atoms with Gasteiger partial charge in [-0.25, -0.2) is 0 Å². The van der Waals surface area contributed by atoms with Crippen molar-refractivity contribution in [1.82, 2.24) is 15.5 Å². The number of amides is 1. The van der Waals surface area contributed by atoms with E-state index in [1.54, 1.807) is 55.5 Å². The number of carbonyl (C=O) groups is 1. The molecule has 2 N–H and O–H groups in total. The zero-order chi connectivity index (χ0) is 17.0. The second-order valence-corrected chi connectivity index (χ2v) is 5.43. The molecule has 3 aromatic rings. The number of carbonyl (C=O) groups excluding carboxylic acids is 1. The summed E-state index contributed by atoms with van der Waals surface area (Å²) in [6, 6.07) is 17.1. The average molecular weight is 323 g/mol. The van der Waals surface area contributed by atoms with Crippen LogP contribution in [-0.2, 0) is 10.4 Å². The van der Waals surface area contributed by atoms with E-state index in [1.165, 1.54) is 6.39 Å². The summed E-state index contributed by atoms with van der Waals surface area (Å²) in [7, 11) is 0. The fourth-order valence-corrected chi connectivity index (χ4v) is 2.52. The summed E-state index contributed by atoms with van der Waals surface area (Å²) in [6.45, 7) is 1.72. The predicted octanol–water partition coefficient (Wildman–Crippen LogP) is 2.18. The molecule has 0 aliphatic carbocycles. The number of nitrogens with zero attached hydrogens (tertiary/aromatic N) is 2. The summed E-state index contributed by atoms with van der Waals surface area (Å²) in [5.74, 6) is -0.218. The summed E-state index contributed by atoms with van der Waals surface area (Å²) < 4.78 is 4.70. The van der Waals surface area contributed by atoms with Crippen LogP contribution < -0.4 is 5.32 Å². The highest BCUT2D eigenvalue weighted by Gasteiger charge is 2.40. The molecule has 0 saturated carbocycles. The summed E-state index contributed by atoms with van der Waals surface area (Å²) in [6.07, 6.45) is 1.19. The van der Waals surface area contributed by atoms with Crippen molar-refractivity contribution in [3.8, 4) is 0 Å². The molecule has 0 fully saturated rings. The number of aliphatic hydroxyl groups is 1. The molecule has 122 valence electrons. The van der Waals surface area contributed by atoms with Crippen molar-refractivity contribution in [3.63, 3.8) is 0 Å². The molecule has 0 radical (unpaired) electrons. The molecule has 0 aliphatic rings. The summed E-state index contributed by atoms with van der Waals surface area (Å²) >= 11 is 0. The lowest BCUT2D eigenvalue weighted by molar-refractivity contribution is -0.137. The van der Waals surface area contributed by atoms with E-state index in [9.17, 15) is 9.90 Å². The van der Waals surface area contributed by atoms with E-state index < -0.39 is 17.6 Å². The number of hydrogen-bond donors (Lipinski definition) is 2. The van der Waals surface area contributed by atoms with E-state index in [4.69, 9.17) is 4.52 Å². The van der Waals surface area contributed by atoms with Gasteiger partial charge in [-0.2, -0.15) is 4.98 Å². The SMILES string of the molecule is CC(NC(=O)C(O)(c1ccccc1)c1ccccc1)c1ncon1. The maximum atomic E-state index is 12.9. The maximum absolute atomic E-state index is 12.9. The fourth-order valence-electron chi connectivity index (χ4n) is 2.52. The first-order valence-corrected chi connectivity index (χ1v) is 7.53. The topological polar surface area (TPSA) is 88.2 Å². The van der Waals surface area contributed by atoms with Crippen molar-refractivity contribution in [2.45, 2.75) is 18.6 Å². The lowest BCUT2D eigenvalue weighted by Gasteiger charge is -2.29. The largest absolute Gasteiger partial charge is 0.372 e. The number of benzene rings is 2. The van der Waals surface area contributed by atoms with Gasteiger partial charge in [0, 0.05) is 0 Å². The molecule has 0 aliphatic heterocycles. The fraction of sp³-hybridized carbons (Fsp3) is 0.167. The Bertz CT molecular complexity index is 749. The van der Waals surface area contributed by atoms with Crippen molar-refractivity contribution in [1.29, 1.82) is 0 Å². The minimum absolute atomic E-state index is 0.340. The third-order valence-corrected chi connectivity index (χ3v) is 3.82. The van der Waals surface area contributed by atoms with E-state index in [-0.39, 0.29) is 0 Å². The van der Waals surface area contributed by atoms with Crippen LogP contribution in [0.1, 0.15) is 29.9 Å². The Balaban J connectivity index is 1.97. The van der Waals surface area contributed by atoms with Crippen molar-refractivity contribution in [3.05, 3.63) is 84.0 Å². The van der Waals surface area contributed by atoms with Gasteiger partial charge in [0.1, 0.15) is 0 Å². The summed E-state index contributed by atoms with van der Waals surface area (Å²) in [4.78, 5) is 16.8. The van der Waals surface area contributed by atoms with Gasteiger partial charge in [-0.3, -0.25) is 4.79 Å². The van der Waals surface area contributed by atoms with Crippen LogP contribution in [0.5, 0.6) is 0 Å². The van der Waals surface area contributed by atoms with E-state index in [0.29, 0.717) is 17.0 Å². The highest BCUT2D eigenvalue weighted by molar-refractivity contribution is 5.90. The van der Waals surface area contributed by atoms with Gasteiger partial charge in [0.25, 0.3) is 5.91 Å². The molecule has 0 spiro atoms. The predicted molar refractivity (Wildman–Crippen MR) is 86.7 cm³/mol. The number of aromatic nitrogens is 2. The standard InChI is InChI=1S/C18H17N3O3/c1-13(16-19-12-24-21-16)20-17(22)18(23,14-8-4-2-5-9-14)15-10-6-3-7-11-15/h2-13,23H,1H3,(H,20,22). The molecule has 0 bridgehead atoms. The lowest BCUT2D eigenvalue weighted by Crippen LogP contribution is -2.46. The Hall–Kier alpha value is -2.99. The van der Waals surface area contributed by atoms with Crippen molar-refractivity contribution in [2.75, 3.05) is 0 Å². The maximum Gasteiger partial charge on any atom is 0.261 e. The average Bonchev–Trinajstić information content (AvgIpc) is 3.17. The second kappa shape index (κ2) is 6.64. The Morgan fingerprint density at radius 2 is 1.62 bits per heavy atom. The molecule has 1 heterocycles. The first-order chi connectivity index (χ1) is 11.6. The highest BCUT2D eigenvalue weighted by Crippen LogP contribution is 2.30.